The maximum atomic E-state index is 13.0. The van der Waals surface area contributed by atoms with E-state index in [1.807, 2.05) is 0 Å². The highest BCUT2D eigenvalue weighted by atomic mass is 35.5. The Labute approximate surface area is 111 Å². The van der Waals surface area contributed by atoms with Crippen molar-refractivity contribution >= 4 is 17.4 Å². The molecule has 0 aliphatic heterocycles. The first-order chi connectivity index (χ1) is 8.56. The fourth-order valence-electron chi connectivity index (χ4n) is 2.52. The van der Waals surface area contributed by atoms with E-state index >= 15 is 0 Å². The van der Waals surface area contributed by atoms with Crippen LogP contribution in [-0.4, -0.2) is 11.8 Å². The third kappa shape index (κ3) is 3.30. The van der Waals surface area contributed by atoms with E-state index in [1.54, 1.807) is 6.07 Å². The number of carbonyl (C=O) groups excluding carboxylic acids is 1. The van der Waals surface area contributed by atoms with Crippen LogP contribution in [0.15, 0.2) is 18.2 Å². The van der Waals surface area contributed by atoms with Gasteiger partial charge in [0.15, 0.2) is 0 Å². The average molecular weight is 270 g/mol. The molecule has 98 valence electrons. The Hall–Kier alpha value is -0.930. The Morgan fingerprint density at radius 1 is 1.44 bits per heavy atom. The molecule has 0 saturated heterocycles. The second kappa shape index (κ2) is 5.81. The first kappa shape index (κ1) is 13.5. The highest BCUT2D eigenvalue weighted by Gasteiger charge is 2.25. The van der Waals surface area contributed by atoms with Gasteiger partial charge >= 0.3 is 0 Å². The van der Waals surface area contributed by atoms with Gasteiger partial charge in [-0.25, -0.2) is 4.39 Å². The summed E-state index contributed by atoms with van der Waals surface area (Å²) in [6.45, 7) is 0. The highest BCUT2D eigenvalue weighted by Crippen LogP contribution is 2.25. The Bertz CT molecular complexity index is 449. The molecule has 0 aromatic heterocycles. The van der Waals surface area contributed by atoms with Crippen molar-refractivity contribution in [2.75, 3.05) is 0 Å². The molecule has 1 aromatic carbocycles. The number of benzene rings is 1. The zero-order valence-corrected chi connectivity index (χ0v) is 10.9. The van der Waals surface area contributed by atoms with Gasteiger partial charge in [-0.15, -0.1) is 0 Å². The second-order valence-electron chi connectivity index (χ2n) is 5.02. The third-order valence-corrected chi connectivity index (χ3v) is 3.82. The van der Waals surface area contributed by atoms with Crippen LogP contribution in [0.4, 0.5) is 4.39 Å². The van der Waals surface area contributed by atoms with Crippen molar-refractivity contribution in [3.05, 3.63) is 34.6 Å². The minimum absolute atomic E-state index is 0.0533. The summed E-state index contributed by atoms with van der Waals surface area (Å²) >= 11 is 5.70. The van der Waals surface area contributed by atoms with Gasteiger partial charge in [0.05, 0.1) is 5.02 Å². The molecule has 2 N–H and O–H groups in total. The SMILES string of the molecule is NC1CCCC(C(=O)Cc2ccc(F)c(Cl)c2)C1. The number of halogens is 2. The van der Waals surface area contributed by atoms with E-state index in [2.05, 4.69) is 0 Å². The van der Waals surface area contributed by atoms with Crippen LogP contribution in [0.25, 0.3) is 0 Å². The van der Waals surface area contributed by atoms with Gasteiger partial charge in [0.2, 0.25) is 0 Å². The topological polar surface area (TPSA) is 43.1 Å². The Morgan fingerprint density at radius 3 is 2.89 bits per heavy atom. The van der Waals surface area contributed by atoms with E-state index < -0.39 is 5.82 Å². The van der Waals surface area contributed by atoms with Gasteiger partial charge in [-0.3, -0.25) is 4.79 Å². The summed E-state index contributed by atoms with van der Waals surface area (Å²) in [5.74, 6) is -0.210. The van der Waals surface area contributed by atoms with Gasteiger partial charge in [0, 0.05) is 18.4 Å². The molecule has 0 heterocycles. The molecule has 0 amide bonds. The van der Waals surface area contributed by atoms with Crippen LogP contribution in [0.5, 0.6) is 0 Å². The molecule has 0 radical (unpaired) electrons. The number of Topliss-reactive ketones (excluding diaryl/α,β-unsaturated/α-hetero) is 1. The number of nitrogens with two attached hydrogens (primary N) is 1. The van der Waals surface area contributed by atoms with Gasteiger partial charge in [0.25, 0.3) is 0 Å². The molecule has 0 spiro atoms. The first-order valence-electron chi connectivity index (χ1n) is 6.28. The average Bonchev–Trinajstić information content (AvgIpc) is 2.34. The fourth-order valence-corrected chi connectivity index (χ4v) is 2.72. The summed E-state index contributed by atoms with van der Waals surface area (Å²) in [6, 6.07) is 4.58. The minimum atomic E-state index is -0.451. The lowest BCUT2D eigenvalue weighted by Crippen LogP contribution is -2.32. The number of rotatable bonds is 3. The van der Waals surface area contributed by atoms with E-state index in [0.29, 0.717) is 6.42 Å². The summed E-state index contributed by atoms with van der Waals surface area (Å²) < 4.78 is 13.0. The molecule has 2 nitrogen and oxygen atoms in total. The molecule has 0 bridgehead atoms. The molecule has 2 rings (SSSR count). The summed E-state index contributed by atoms with van der Waals surface area (Å²) in [6.07, 6.45) is 4.03. The van der Waals surface area contributed by atoms with Crippen molar-refractivity contribution in [3.63, 3.8) is 0 Å². The van der Waals surface area contributed by atoms with Crippen LogP contribution in [0.3, 0.4) is 0 Å². The number of hydrogen-bond donors (Lipinski definition) is 1. The van der Waals surface area contributed by atoms with E-state index in [9.17, 15) is 9.18 Å². The van der Waals surface area contributed by atoms with Crippen molar-refractivity contribution < 1.29 is 9.18 Å². The molecule has 1 aromatic rings. The van der Waals surface area contributed by atoms with Crippen LogP contribution in [0, 0.1) is 11.7 Å². The number of ketones is 1. The summed E-state index contributed by atoms with van der Waals surface area (Å²) in [7, 11) is 0. The first-order valence-corrected chi connectivity index (χ1v) is 6.66. The molecule has 1 aliphatic rings. The predicted octanol–water partition coefficient (Wildman–Crippen LogP) is 3.11. The van der Waals surface area contributed by atoms with Crippen molar-refractivity contribution in [2.45, 2.75) is 38.1 Å². The van der Waals surface area contributed by atoms with Crippen LogP contribution < -0.4 is 5.73 Å². The van der Waals surface area contributed by atoms with Gasteiger partial charge in [-0.05, 0) is 37.0 Å². The molecule has 1 aliphatic carbocycles. The lowest BCUT2D eigenvalue weighted by atomic mass is 9.82. The highest BCUT2D eigenvalue weighted by molar-refractivity contribution is 6.30. The van der Waals surface area contributed by atoms with Gasteiger partial charge < -0.3 is 5.73 Å². The van der Waals surface area contributed by atoms with Crippen LogP contribution in [0.2, 0.25) is 5.02 Å². The van der Waals surface area contributed by atoms with Crippen molar-refractivity contribution in [1.29, 1.82) is 0 Å². The Kier molecular flexibility index (Phi) is 4.36. The largest absolute Gasteiger partial charge is 0.328 e. The van der Waals surface area contributed by atoms with Crippen molar-refractivity contribution in [1.82, 2.24) is 0 Å². The fraction of sp³-hybridized carbons (Fsp3) is 0.500. The molecule has 1 fully saturated rings. The van der Waals surface area contributed by atoms with Gasteiger partial charge in [0.1, 0.15) is 11.6 Å². The zero-order chi connectivity index (χ0) is 13.1. The van der Waals surface area contributed by atoms with Crippen molar-refractivity contribution in [2.24, 2.45) is 11.7 Å². The van der Waals surface area contributed by atoms with Gasteiger partial charge in [-0.2, -0.15) is 0 Å². The molecule has 18 heavy (non-hydrogen) atoms. The van der Waals surface area contributed by atoms with E-state index in [0.717, 1.165) is 31.2 Å². The Morgan fingerprint density at radius 2 is 2.22 bits per heavy atom. The molecule has 1 saturated carbocycles. The normalized spacial score (nSPS) is 23.9. The van der Waals surface area contributed by atoms with E-state index in [-0.39, 0.29) is 22.8 Å². The van der Waals surface area contributed by atoms with Crippen molar-refractivity contribution in [3.8, 4) is 0 Å². The third-order valence-electron chi connectivity index (χ3n) is 3.53. The molecular formula is C14H17ClFNO. The number of hydrogen-bond acceptors (Lipinski definition) is 2. The maximum absolute atomic E-state index is 13.0. The lowest BCUT2D eigenvalue weighted by Gasteiger charge is -2.25. The van der Waals surface area contributed by atoms with Gasteiger partial charge in [-0.1, -0.05) is 24.1 Å². The molecule has 4 heteroatoms. The standard InChI is InChI=1S/C14H17ClFNO/c15-12-6-9(4-5-13(12)16)7-14(18)10-2-1-3-11(17)8-10/h4-6,10-11H,1-3,7-8,17H2. The quantitative estimate of drug-likeness (QED) is 0.916. The summed E-state index contributed by atoms with van der Waals surface area (Å²) in [5, 5.41) is 0.0700. The smallest absolute Gasteiger partial charge is 0.141 e. The molecule has 2 unspecified atom stereocenters. The summed E-state index contributed by atoms with van der Waals surface area (Å²) in [5.41, 5.74) is 6.65. The lowest BCUT2D eigenvalue weighted by molar-refractivity contribution is -0.123. The van der Waals surface area contributed by atoms with E-state index in [1.165, 1.54) is 12.1 Å². The zero-order valence-electron chi connectivity index (χ0n) is 10.2. The maximum Gasteiger partial charge on any atom is 0.141 e. The van der Waals surface area contributed by atoms with Crippen LogP contribution >= 0.6 is 11.6 Å². The Balaban J connectivity index is 2.00. The second-order valence-corrected chi connectivity index (χ2v) is 5.42. The summed E-state index contributed by atoms with van der Waals surface area (Å²) in [4.78, 5) is 12.1. The molecule has 2 atom stereocenters. The number of carbonyl (C=O) groups is 1. The monoisotopic (exact) mass is 269 g/mol. The van der Waals surface area contributed by atoms with Crippen LogP contribution in [-0.2, 0) is 11.2 Å². The molecular weight excluding hydrogens is 253 g/mol. The predicted molar refractivity (Wildman–Crippen MR) is 70.1 cm³/mol. The van der Waals surface area contributed by atoms with Crippen LogP contribution in [0.1, 0.15) is 31.2 Å². The van der Waals surface area contributed by atoms with E-state index in [4.69, 9.17) is 17.3 Å². The minimum Gasteiger partial charge on any atom is -0.328 e.